The third kappa shape index (κ3) is 5.97. The normalized spacial score (nSPS) is 12.8. The second-order valence-electron chi connectivity index (χ2n) is 6.11. The molecule has 0 saturated carbocycles. The highest BCUT2D eigenvalue weighted by Gasteiger charge is 2.20. The summed E-state index contributed by atoms with van der Waals surface area (Å²) in [5.74, 6) is 0.750. The van der Waals surface area contributed by atoms with Crippen molar-refractivity contribution in [2.75, 3.05) is 6.54 Å². The number of carbonyl (C=O) groups is 2. The Labute approximate surface area is 126 Å². The van der Waals surface area contributed by atoms with E-state index in [1.165, 1.54) is 0 Å². The third-order valence-electron chi connectivity index (χ3n) is 3.14. The summed E-state index contributed by atoms with van der Waals surface area (Å²) in [6, 6.07) is -0.0864. The molecule has 2 amide bonds. The number of aromatic amines is 1. The van der Waals surface area contributed by atoms with Gasteiger partial charge in [-0.3, -0.25) is 9.59 Å². The van der Waals surface area contributed by atoms with Gasteiger partial charge in [-0.2, -0.15) is 0 Å². The minimum atomic E-state index is -0.394. The van der Waals surface area contributed by atoms with Crippen molar-refractivity contribution >= 4 is 11.8 Å². The van der Waals surface area contributed by atoms with Gasteiger partial charge in [0.15, 0.2) is 0 Å². The molecular formula is C15H26N4O2. The van der Waals surface area contributed by atoms with Gasteiger partial charge in [-0.1, -0.05) is 27.7 Å². The third-order valence-corrected chi connectivity index (χ3v) is 3.14. The number of hydrogen-bond acceptors (Lipinski definition) is 3. The van der Waals surface area contributed by atoms with Crippen LogP contribution in [0.1, 0.15) is 58.8 Å². The fourth-order valence-electron chi connectivity index (χ4n) is 1.81. The van der Waals surface area contributed by atoms with Crippen LogP contribution in [0, 0.1) is 5.41 Å². The zero-order chi connectivity index (χ0) is 15.9. The molecule has 0 aliphatic carbocycles. The van der Waals surface area contributed by atoms with Crippen molar-refractivity contribution in [2.45, 2.75) is 53.0 Å². The molecule has 1 rings (SSSR count). The first-order valence-electron chi connectivity index (χ1n) is 7.41. The molecule has 1 heterocycles. The Kier molecular flexibility index (Phi) is 6.39. The fraction of sp³-hybridized carbons (Fsp3) is 0.667. The van der Waals surface area contributed by atoms with E-state index in [4.69, 9.17) is 0 Å². The van der Waals surface area contributed by atoms with Crippen molar-refractivity contribution in [1.29, 1.82) is 0 Å². The summed E-state index contributed by atoms with van der Waals surface area (Å²) in [5, 5.41) is 5.78. The second kappa shape index (κ2) is 7.81. The smallest absolute Gasteiger partial charge is 0.225 e. The van der Waals surface area contributed by atoms with E-state index >= 15 is 0 Å². The number of imidazole rings is 1. The lowest BCUT2D eigenvalue weighted by Gasteiger charge is -2.18. The molecule has 1 atom stereocenters. The Morgan fingerprint density at radius 3 is 2.62 bits per heavy atom. The number of rotatable bonds is 7. The number of hydrogen-bond donors (Lipinski definition) is 3. The minimum Gasteiger partial charge on any atom is -0.356 e. The zero-order valence-corrected chi connectivity index (χ0v) is 13.3. The maximum atomic E-state index is 11.9. The molecule has 0 bridgehead atoms. The summed E-state index contributed by atoms with van der Waals surface area (Å²) in [5.41, 5.74) is -0.394. The molecule has 0 saturated heterocycles. The van der Waals surface area contributed by atoms with Crippen molar-refractivity contribution in [1.82, 2.24) is 20.6 Å². The average molecular weight is 294 g/mol. The number of H-pyrrole nitrogens is 1. The van der Waals surface area contributed by atoms with Crippen LogP contribution in [-0.2, 0) is 9.59 Å². The molecule has 0 spiro atoms. The van der Waals surface area contributed by atoms with Crippen LogP contribution in [-0.4, -0.2) is 28.3 Å². The molecule has 118 valence electrons. The lowest BCUT2D eigenvalue weighted by molar-refractivity contribution is -0.128. The predicted molar refractivity (Wildman–Crippen MR) is 81.5 cm³/mol. The topological polar surface area (TPSA) is 86.9 Å². The lowest BCUT2D eigenvalue weighted by atomic mass is 9.96. The number of carbonyl (C=O) groups excluding carboxylic acids is 2. The quantitative estimate of drug-likeness (QED) is 0.671. The molecule has 3 N–H and O–H groups in total. The summed E-state index contributed by atoms with van der Waals surface area (Å²) >= 11 is 0. The minimum absolute atomic E-state index is 0.00456. The van der Waals surface area contributed by atoms with Gasteiger partial charge in [-0.05, 0) is 12.8 Å². The van der Waals surface area contributed by atoms with Crippen LogP contribution in [0.5, 0.6) is 0 Å². The first kappa shape index (κ1) is 17.2. The summed E-state index contributed by atoms with van der Waals surface area (Å²) in [6.07, 6.45) is 5.21. The Bertz CT molecular complexity index is 449. The lowest BCUT2D eigenvalue weighted by Crippen LogP contribution is -2.36. The molecule has 1 aromatic heterocycles. The number of nitrogens with zero attached hydrogens (tertiary/aromatic N) is 1. The van der Waals surface area contributed by atoms with E-state index in [1.807, 2.05) is 27.7 Å². The fourth-order valence-corrected chi connectivity index (χ4v) is 1.81. The van der Waals surface area contributed by atoms with Gasteiger partial charge in [0.2, 0.25) is 11.8 Å². The molecule has 1 aromatic rings. The van der Waals surface area contributed by atoms with Crippen LogP contribution in [0.15, 0.2) is 12.4 Å². The van der Waals surface area contributed by atoms with Gasteiger partial charge in [0.25, 0.3) is 0 Å². The van der Waals surface area contributed by atoms with Gasteiger partial charge >= 0.3 is 0 Å². The van der Waals surface area contributed by atoms with Gasteiger partial charge in [-0.15, -0.1) is 0 Å². The molecule has 0 aliphatic heterocycles. The molecule has 6 heteroatoms. The first-order chi connectivity index (χ1) is 9.84. The summed E-state index contributed by atoms with van der Waals surface area (Å²) in [4.78, 5) is 30.7. The van der Waals surface area contributed by atoms with Crippen LogP contribution >= 0.6 is 0 Å². The average Bonchev–Trinajstić information content (AvgIpc) is 2.93. The summed E-state index contributed by atoms with van der Waals surface area (Å²) < 4.78 is 0. The van der Waals surface area contributed by atoms with Crippen LogP contribution in [0.2, 0.25) is 0 Å². The van der Waals surface area contributed by atoms with E-state index in [0.717, 1.165) is 12.2 Å². The first-order valence-corrected chi connectivity index (χ1v) is 7.41. The molecule has 1 unspecified atom stereocenters. The molecular weight excluding hydrogens is 268 g/mol. The number of amides is 2. The Morgan fingerprint density at radius 2 is 2.10 bits per heavy atom. The van der Waals surface area contributed by atoms with E-state index in [9.17, 15) is 9.59 Å². The molecule has 6 nitrogen and oxygen atoms in total. The zero-order valence-electron chi connectivity index (χ0n) is 13.3. The monoisotopic (exact) mass is 294 g/mol. The number of aromatic nitrogens is 2. The SMILES string of the molecule is CCC(NC(=O)CCCNC(=O)C(C)(C)C)c1ncc[nH]1. The van der Waals surface area contributed by atoms with E-state index in [1.54, 1.807) is 12.4 Å². The van der Waals surface area contributed by atoms with Gasteiger partial charge in [0.1, 0.15) is 5.82 Å². The highest BCUT2D eigenvalue weighted by molar-refractivity contribution is 5.81. The number of nitrogens with one attached hydrogen (secondary N) is 3. The van der Waals surface area contributed by atoms with Gasteiger partial charge in [-0.25, -0.2) is 4.98 Å². The summed E-state index contributed by atoms with van der Waals surface area (Å²) in [7, 11) is 0. The van der Waals surface area contributed by atoms with E-state index in [0.29, 0.717) is 19.4 Å². The molecule has 0 radical (unpaired) electrons. The predicted octanol–water partition coefficient (Wildman–Crippen LogP) is 1.92. The van der Waals surface area contributed by atoms with E-state index in [-0.39, 0.29) is 17.9 Å². The van der Waals surface area contributed by atoms with Crippen molar-refractivity contribution < 1.29 is 9.59 Å². The highest BCUT2D eigenvalue weighted by atomic mass is 16.2. The molecule has 21 heavy (non-hydrogen) atoms. The Balaban J connectivity index is 2.27. The maximum absolute atomic E-state index is 11.9. The van der Waals surface area contributed by atoms with Crippen LogP contribution < -0.4 is 10.6 Å². The van der Waals surface area contributed by atoms with Crippen molar-refractivity contribution in [2.24, 2.45) is 5.41 Å². The van der Waals surface area contributed by atoms with E-state index in [2.05, 4.69) is 20.6 Å². The van der Waals surface area contributed by atoms with Crippen LogP contribution in [0.25, 0.3) is 0 Å². The second-order valence-corrected chi connectivity index (χ2v) is 6.11. The Hall–Kier alpha value is -1.85. The van der Waals surface area contributed by atoms with Crippen molar-refractivity contribution in [3.8, 4) is 0 Å². The summed E-state index contributed by atoms with van der Waals surface area (Å²) in [6.45, 7) is 8.11. The standard InChI is InChI=1S/C15H26N4O2/c1-5-11(13-16-9-10-17-13)19-12(20)7-6-8-18-14(21)15(2,3)4/h9-11H,5-8H2,1-4H3,(H,16,17)(H,18,21)(H,19,20). The molecule has 0 fully saturated rings. The van der Waals surface area contributed by atoms with E-state index < -0.39 is 5.41 Å². The van der Waals surface area contributed by atoms with Gasteiger partial charge in [0, 0.05) is 30.8 Å². The Morgan fingerprint density at radius 1 is 1.38 bits per heavy atom. The maximum Gasteiger partial charge on any atom is 0.225 e. The van der Waals surface area contributed by atoms with Crippen LogP contribution in [0.4, 0.5) is 0 Å². The molecule has 0 aliphatic rings. The van der Waals surface area contributed by atoms with Crippen LogP contribution in [0.3, 0.4) is 0 Å². The van der Waals surface area contributed by atoms with Crippen molar-refractivity contribution in [3.05, 3.63) is 18.2 Å². The van der Waals surface area contributed by atoms with Gasteiger partial charge in [0.05, 0.1) is 6.04 Å². The highest BCUT2D eigenvalue weighted by Crippen LogP contribution is 2.13. The van der Waals surface area contributed by atoms with Crippen molar-refractivity contribution in [3.63, 3.8) is 0 Å². The van der Waals surface area contributed by atoms with Gasteiger partial charge < -0.3 is 15.6 Å². The largest absolute Gasteiger partial charge is 0.356 e. The molecule has 0 aromatic carbocycles.